The highest BCUT2D eigenvalue weighted by Gasteiger charge is 2.19. The molecule has 0 radical (unpaired) electrons. The zero-order valence-corrected chi connectivity index (χ0v) is 27.5. The summed E-state index contributed by atoms with van der Waals surface area (Å²) in [4.78, 5) is 10.2. The molecule has 0 amide bonds. The molecule has 0 aliphatic heterocycles. The van der Waals surface area contributed by atoms with Crippen LogP contribution in [0.15, 0.2) is 9.98 Å². The van der Waals surface area contributed by atoms with Gasteiger partial charge >= 0.3 is 0 Å². The van der Waals surface area contributed by atoms with E-state index in [4.69, 9.17) is 9.98 Å². The maximum absolute atomic E-state index is 5.11. The minimum absolute atomic E-state index is 0.504. The summed E-state index contributed by atoms with van der Waals surface area (Å²) in [6.07, 6.45) is 26.4. The van der Waals surface area contributed by atoms with E-state index >= 15 is 0 Å². The second-order valence-corrected chi connectivity index (χ2v) is 13.6. The maximum Gasteiger partial charge on any atom is 0.191 e. The first-order valence-corrected chi connectivity index (χ1v) is 18.6. The van der Waals surface area contributed by atoms with Crippen LogP contribution in [-0.4, -0.2) is 88.4 Å². The fourth-order valence-corrected chi connectivity index (χ4v) is 7.20. The van der Waals surface area contributed by atoms with Crippen molar-refractivity contribution in [1.82, 2.24) is 37.2 Å². The second kappa shape index (κ2) is 22.0. The summed E-state index contributed by atoms with van der Waals surface area (Å²) >= 11 is 0. The Bertz CT molecular complexity index is 687. The molecule has 0 aromatic carbocycles. The largest absolute Gasteiger partial charge is 0.355 e. The Morgan fingerprint density at radius 1 is 0.372 bits per heavy atom. The van der Waals surface area contributed by atoms with Gasteiger partial charge in [-0.05, 0) is 51.4 Å². The Labute approximate surface area is 263 Å². The lowest BCUT2D eigenvalue weighted by atomic mass is 9.95. The van der Waals surface area contributed by atoms with Crippen molar-refractivity contribution in [3.8, 4) is 0 Å². The van der Waals surface area contributed by atoms with Gasteiger partial charge in [0, 0.05) is 64.4 Å². The van der Waals surface area contributed by atoms with E-state index in [-0.39, 0.29) is 0 Å². The molecule has 7 N–H and O–H groups in total. The van der Waals surface area contributed by atoms with E-state index in [0.29, 0.717) is 24.2 Å². The first-order chi connectivity index (χ1) is 21.3. The van der Waals surface area contributed by atoms with E-state index < -0.39 is 0 Å². The summed E-state index contributed by atoms with van der Waals surface area (Å²) in [6, 6.07) is 2.20. The van der Waals surface area contributed by atoms with Crippen molar-refractivity contribution in [3.05, 3.63) is 0 Å². The molecule has 0 aromatic rings. The van der Waals surface area contributed by atoms with Gasteiger partial charge in [-0.3, -0.25) is 0 Å². The van der Waals surface area contributed by atoms with E-state index in [9.17, 15) is 0 Å². The first kappa shape index (κ1) is 34.3. The molecule has 0 bridgehead atoms. The molecular weight excluding hydrogens is 534 g/mol. The van der Waals surface area contributed by atoms with Gasteiger partial charge in [-0.15, -0.1) is 0 Å². The third-order valence-corrected chi connectivity index (χ3v) is 9.81. The van der Waals surface area contributed by atoms with Crippen LogP contribution in [0.4, 0.5) is 0 Å². The van der Waals surface area contributed by atoms with Crippen LogP contribution in [0.3, 0.4) is 0 Å². The normalized spacial score (nSPS) is 22.4. The molecule has 4 aliphatic rings. The van der Waals surface area contributed by atoms with Crippen LogP contribution in [0.25, 0.3) is 0 Å². The van der Waals surface area contributed by atoms with Crippen LogP contribution >= 0.6 is 0 Å². The summed E-state index contributed by atoms with van der Waals surface area (Å²) in [5, 5.41) is 25.5. The van der Waals surface area contributed by atoms with Crippen LogP contribution in [0.1, 0.15) is 128 Å². The molecule has 0 saturated heterocycles. The van der Waals surface area contributed by atoms with E-state index in [1.54, 1.807) is 0 Å². The zero-order valence-electron chi connectivity index (χ0n) is 27.5. The number of nitrogens with zero attached hydrogens (tertiary/aromatic N) is 2. The summed E-state index contributed by atoms with van der Waals surface area (Å²) in [5.41, 5.74) is 0. The van der Waals surface area contributed by atoms with Crippen molar-refractivity contribution in [2.75, 3.05) is 52.4 Å². The third kappa shape index (κ3) is 15.3. The fraction of sp³-hybridized carbons (Fsp3) is 0.941. The Hall–Kier alpha value is -1.58. The van der Waals surface area contributed by atoms with Crippen LogP contribution in [-0.2, 0) is 0 Å². The van der Waals surface area contributed by atoms with Crippen LogP contribution < -0.4 is 37.2 Å². The Kier molecular flexibility index (Phi) is 17.6. The van der Waals surface area contributed by atoms with Crippen molar-refractivity contribution in [2.24, 2.45) is 9.98 Å². The van der Waals surface area contributed by atoms with Gasteiger partial charge in [-0.2, -0.15) is 0 Å². The van der Waals surface area contributed by atoms with Gasteiger partial charge < -0.3 is 37.2 Å². The topological polar surface area (TPSA) is 109 Å². The lowest BCUT2D eigenvalue weighted by Crippen LogP contribution is -2.47. The SMILES string of the molecule is C1CCC(N=C(NCCNCCNCCNCCNC(=NC2CCCCC2)NC2CCCCC2)NC2CCCCC2)CC1. The molecular formula is C34H67N9. The summed E-state index contributed by atoms with van der Waals surface area (Å²) in [6.45, 7) is 7.72. The fourth-order valence-electron chi connectivity index (χ4n) is 7.20. The average Bonchev–Trinajstić information content (AvgIpc) is 3.05. The van der Waals surface area contributed by atoms with Crippen molar-refractivity contribution in [1.29, 1.82) is 0 Å². The zero-order chi connectivity index (χ0) is 29.6. The van der Waals surface area contributed by atoms with E-state index in [2.05, 4.69) is 37.2 Å². The predicted octanol–water partition coefficient (Wildman–Crippen LogP) is 4.16. The smallest absolute Gasteiger partial charge is 0.191 e. The molecule has 4 rings (SSSR count). The van der Waals surface area contributed by atoms with Gasteiger partial charge in [0.25, 0.3) is 0 Å². The van der Waals surface area contributed by atoms with Crippen molar-refractivity contribution in [3.63, 3.8) is 0 Å². The highest BCUT2D eigenvalue weighted by Crippen LogP contribution is 2.22. The average molecular weight is 602 g/mol. The molecule has 248 valence electrons. The highest BCUT2D eigenvalue weighted by molar-refractivity contribution is 5.80. The number of nitrogens with one attached hydrogen (secondary N) is 7. The van der Waals surface area contributed by atoms with Crippen LogP contribution in [0.2, 0.25) is 0 Å². The monoisotopic (exact) mass is 602 g/mol. The molecule has 9 nitrogen and oxygen atoms in total. The van der Waals surface area contributed by atoms with Crippen molar-refractivity contribution >= 4 is 11.9 Å². The predicted molar refractivity (Wildman–Crippen MR) is 183 cm³/mol. The van der Waals surface area contributed by atoms with Crippen molar-refractivity contribution in [2.45, 2.75) is 153 Å². The van der Waals surface area contributed by atoms with Gasteiger partial charge in [0.2, 0.25) is 0 Å². The second-order valence-electron chi connectivity index (χ2n) is 13.6. The van der Waals surface area contributed by atoms with Gasteiger partial charge in [-0.1, -0.05) is 77.0 Å². The summed E-state index contributed by atoms with van der Waals surface area (Å²) in [5.74, 6) is 2.10. The Morgan fingerprint density at radius 3 is 1.02 bits per heavy atom. The molecule has 0 aromatic heterocycles. The number of guanidine groups is 2. The highest BCUT2D eigenvalue weighted by atomic mass is 15.2. The molecule has 4 saturated carbocycles. The molecule has 4 fully saturated rings. The van der Waals surface area contributed by atoms with E-state index in [1.807, 2.05) is 0 Å². The minimum atomic E-state index is 0.504. The molecule has 0 spiro atoms. The number of rotatable bonds is 16. The van der Waals surface area contributed by atoms with Gasteiger partial charge in [0.1, 0.15) is 0 Å². The molecule has 43 heavy (non-hydrogen) atoms. The Balaban J connectivity index is 1.00. The molecule has 0 heterocycles. The molecule has 9 heteroatoms. The van der Waals surface area contributed by atoms with Crippen molar-refractivity contribution < 1.29 is 0 Å². The maximum atomic E-state index is 5.11. The summed E-state index contributed by atoms with van der Waals surface area (Å²) in [7, 11) is 0. The quantitative estimate of drug-likeness (QED) is 0.0809. The molecule has 0 atom stereocenters. The van der Waals surface area contributed by atoms with E-state index in [1.165, 1.54) is 128 Å². The number of aliphatic imine (C=N–C) groups is 2. The lowest BCUT2D eigenvalue weighted by Gasteiger charge is -2.27. The standard InChI is InChI=1S/C34H67N9/c1-5-13-29(14-6-1)40-33(41-30-15-7-2-8-16-30)38-27-25-36-23-21-35-22-24-37-26-28-39-34(42-31-17-9-3-10-18-31)43-32-19-11-4-12-20-32/h29-32,35-37H,1-28H2,(H2,38,40,41)(H2,39,42,43). The van der Waals surface area contributed by atoms with Gasteiger partial charge in [0.15, 0.2) is 11.9 Å². The molecule has 4 aliphatic carbocycles. The van der Waals surface area contributed by atoms with Gasteiger partial charge in [0.05, 0.1) is 12.1 Å². The summed E-state index contributed by atoms with van der Waals surface area (Å²) < 4.78 is 0. The van der Waals surface area contributed by atoms with Crippen LogP contribution in [0, 0.1) is 0 Å². The molecule has 0 unspecified atom stereocenters. The van der Waals surface area contributed by atoms with Gasteiger partial charge in [-0.25, -0.2) is 9.98 Å². The number of hydrogen-bond donors (Lipinski definition) is 7. The number of hydrogen-bond acceptors (Lipinski definition) is 5. The first-order valence-electron chi connectivity index (χ1n) is 18.6. The lowest BCUT2D eigenvalue weighted by molar-refractivity contribution is 0.404. The van der Waals surface area contributed by atoms with Crippen LogP contribution in [0.5, 0.6) is 0 Å². The van der Waals surface area contributed by atoms with E-state index in [0.717, 1.165) is 64.3 Å². The Morgan fingerprint density at radius 2 is 0.674 bits per heavy atom. The third-order valence-electron chi connectivity index (χ3n) is 9.81. The minimum Gasteiger partial charge on any atom is -0.355 e.